The van der Waals surface area contributed by atoms with Crippen molar-refractivity contribution >= 4 is 5.69 Å². The highest BCUT2D eigenvalue weighted by Crippen LogP contribution is 2.25. The highest BCUT2D eigenvalue weighted by atomic mass is 15.1. The van der Waals surface area contributed by atoms with Gasteiger partial charge in [0, 0.05) is 25.3 Å². The van der Waals surface area contributed by atoms with Crippen molar-refractivity contribution in [1.29, 1.82) is 0 Å². The second kappa shape index (κ2) is 4.53. The lowest BCUT2D eigenvalue weighted by atomic mass is 10.0. The van der Waals surface area contributed by atoms with Crippen LogP contribution in [-0.2, 0) is 0 Å². The van der Waals surface area contributed by atoms with Crippen molar-refractivity contribution in [2.45, 2.75) is 13.8 Å². The largest absolute Gasteiger partial charge is 0.378 e. The molecule has 1 aromatic heterocycles. The van der Waals surface area contributed by atoms with Crippen LogP contribution in [0.5, 0.6) is 0 Å². The molecule has 0 aliphatic heterocycles. The Morgan fingerprint density at radius 2 is 1.88 bits per heavy atom. The number of anilines is 1. The minimum absolute atomic E-state index is 0.966. The maximum atomic E-state index is 4.24. The van der Waals surface area contributed by atoms with Crippen LogP contribution in [0.25, 0.3) is 11.3 Å². The summed E-state index contributed by atoms with van der Waals surface area (Å²) in [6, 6.07) is 8.34. The summed E-state index contributed by atoms with van der Waals surface area (Å²) < 4.78 is 0. The summed E-state index contributed by atoms with van der Waals surface area (Å²) in [6.45, 7) is 4.14. The van der Waals surface area contributed by atoms with E-state index in [0.29, 0.717) is 0 Å². The smallest absolute Gasteiger partial charge is 0.0962 e. The van der Waals surface area contributed by atoms with Gasteiger partial charge in [0.15, 0.2) is 0 Å². The van der Waals surface area contributed by atoms with Crippen LogP contribution in [0.1, 0.15) is 11.1 Å². The number of hydrogen-bond donors (Lipinski definition) is 0. The Kier molecular flexibility index (Phi) is 3.09. The van der Waals surface area contributed by atoms with E-state index in [1.54, 1.807) is 6.20 Å². The molecule has 0 aliphatic rings. The second-order valence-corrected chi connectivity index (χ2v) is 4.45. The molecule has 0 N–H and O–H groups in total. The highest BCUT2D eigenvalue weighted by molar-refractivity contribution is 5.68. The van der Waals surface area contributed by atoms with Crippen molar-refractivity contribution in [2.24, 2.45) is 0 Å². The first kappa shape index (κ1) is 11.6. The fourth-order valence-electron chi connectivity index (χ4n) is 1.74. The number of aryl methyl sites for hydroxylation is 1. The van der Waals surface area contributed by atoms with Gasteiger partial charge >= 0.3 is 0 Å². The van der Waals surface area contributed by atoms with Crippen LogP contribution in [-0.4, -0.2) is 24.3 Å². The lowest BCUT2D eigenvalue weighted by Crippen LogP contribution is -2.08. The van der Waals surface area contributed by atoms with Crippen LogP contribution in [0.2, 0.25) is 0 Å². The van der Waals surface area contributed by atoms with Gasteiger partial charge in [0.25, 0.3) is 0 Å². The summed E-state index contributed by atoms with van der Waals surface area (Å²) in [5.41, 5.74) is 5.62. The average molecular weight is 227 g/mol. The van der Waals surface area contributed by atoms with E-state index in [0.717, 1.165) is 11.3 Å². The van der Waals surface area contributed by atoms with Gasteiger partial charge in [-0.05, 0) is 37.1 Å². The number of rotatable bonds is 2. The van der Waals surface area contributed by atoms with Gasteiger partial charge in [0.2, 0.25) is 0 Å². The van der Waals surface area contributed by atoms with E-state index in [-0.39, 0.29) is 0 Å². The zero-order chi connectivity index (χ0) is 12.4. The normalized spacial score (nSPS) is 10.4. The molecule has 2 aromatic rings. The predicted octanol–water partition coefficient (Wildman–Crippen LogP) is 2.83. The quantitative estimate of drug-likeness (QED) is 0.790. The molecule has 3 nitrogen and oxygen atoms in total. The van der Waals surface area contributed by atoms with Crippen molar-refractivity contribution in [2.75, 3.05) is 19.0 Å². The van der Waals surface area contributed by atoms with Gasteiger partial charge in [-0.15, -0.1) is 0 Å². The molecule has 0 fully saturated rings. The summed E-state index contributed by atoms with van der Waals surface area (Å²) in [5.74, 6) is 0. The molecule has 1 heterocycles. The van der Waals surface area contributed by atoms with Crippen LogP contribution in [0.15, 0.2) is 30.5 Å². The van der Waals surface area contributed by atoms with Gasteiger partial charge in [-0.3, -0.25) is 0 Å². The van der Waals surface area contributed by atoms with Gasteiger partial charge in [0.05, 0.1) is 11.9 Å². The number of hydrogen-bond acceptors (Lipinski definition) is 3. The molecule has 0 aliphatic carbocycles. The minimum Gasteiger partial charge on any atom is -0.378 e. The number of aromatic nitrogens is 2. The Bertz CT molecular complexity index is 533. The van der Waals surface area contributed by atoms with Crippen LogP contribution in [0.4, 0.5) is 5.69 Å². The molecule has 2 rings (SSSR count). The fraction of sp³-hybridized carbons (Fsp3) is 0.286. The van der Waals surface area contributed by atoms with Gasteiger partial charge < -0.3 is 4.90 Å². The van der Waals surface area contributed by atoms with Crippen molar-refractivity contribution in [3.8, 4) is 11.3 Å². The zero-order valence-corrected chi connectivity index (χ0v) is 10.7. The van der Waals surface area contributed by atoms with Crippen molar-refractivity contribution in [1.82, 2.24) is 10.2 Å². The molecule has 0 amide bonds. The molecular formula is C14H17N3. The maximum Gasteiger partial charge on any atom is 0.0962 e. The van der Waals surface area contributed by atoms with Crippen LogP contribution >= 0.6 is 0 Å². The Labute approximate surface area is 102 Å². The van der Waals surface area contributed by atoms with Crippen LogP contribution in [0, 0.1) is 13.8 Å². The average Bonchev–Trinajstić information content (AvgIpc) is 2.33. The van der Waals surface area contributed by atoms with E-state index in [4.69, 9.17) is 0 Å². The first-order valence-corrected chi connectivity index (χ1v) is 5.66. The monoisotopic (exact) mass is 227 g/mol. The second-order valence-electron chi connectivity index (χ2n) is 4.45. The molecule has 0 atom stereocenters. The molecule has 0 saturated carbocycles. The highest BCUT2D eigenvalue weighted by Gasteiger charge is 2.07. The third-order valence-corrected chi connectivity index (χ3v) is 2.99. The molecule has 1 aromatic carbocycles. The summed E-state index contributed by atoms with van der Waals surface area (Å²) >= 11 is 0. The topological polar surface area (TPSA) is 29.0 Å². The Morgan fingerprint density at radius 1 is 1.12 bits per heavy atom. The molecule has 3 heteroatoms. The predicted molar refractivity (Wildman–Crippen MR) is 71.3 cm³/mol. The molecule has 0 saturated heterocycles. The van der Waals surface area contributed by atoms with E-state index in [2.05, 4.69) is 47.1 Å². The van der Waals surface area contributed by atoms with E-state index in [1.165, 1.54) is 16.8 Å². The van der Waals surface area contributed by atoms with E-state index >= 15 is 0 Å². The lowest BCUT2D eigenvalue weighted by Gasteiger charge is -2.14. The third-order valence-electron chi connectivity index (χ3n) is 2.99. The standard InChI is InChI=1S/C14H17N3/c1-10-9-15-16-14(11(10)2)12-6-5-7-13(8-12)17(3)4/h5-9H,1-4H3. The fourth-order valence-corrected chi connectivity index (χ4v) is 1.74. The van der Waals surface area contributed by atoms with E-state index in [9.17, 15) is 0 Å². The van der Waals surface area contributed by atoms with Gasteiger partial charge in [-0.25, -0.2) is 0 Å². The third kappa shape index (κ3) is 2.28. The van der Waals surface area contributed by atoms with Crippen molar-refractivity contribution < 1.29 is 0 Å². The van der Waals surface area contributed by atoms with Gasteiger partial charge in [-0.2, -0.15) is 10.2 Å². The molecule has 0 radical (unpaired) electrons. The van der Waals surface area contributed by atoms with Crippen LogP contribution < -0.4 is 4.90 Å². The lowest BCUT2D eigenvalue weighted by molar-refractivity contribution is 1.00. The first-order chi connectivity index (χ1) is 8.09. The molecule has 0 unspecified atom stereocenters. The molecule has 17 heavy (non-hydrogen) atoms. The first-order valence-electron chi connectivity index (χ1n) is 5.66. The molecular weight excluding hydrogens is 210 g/mol. The van der Waals surface area contributed by atoms with E-state index < -0.39 is 0 Å². The van der Waals surface area contributed by atoms with E-state index in [1.807, 2.05) is 20.2 Å². The van der Waals surface area contributed by atoms with Crippen molar-refractivity contribution in [3.05, 3.63) is 41.6 Å². The SMILES string of the molecule is Cc1cnnc(-c2cccc(N(C)C)c2)c1C. The molecule has 0 bridgehead atoms. The molecule has 88 valence electrons. The summed E-state index contributed by atoms with van der Waals surface area (Å²) in [6.07, 6.45) is 1.80. The summed E-state index contributed by atoms with van der Waals surface area (Å²) in [7, 11) is 4.07. The van der Waals surface area contributed by atoms with Crippen molar-refractivity contribution in [3.63, 3.8) is 0 Å². The number of nitrogens with zero attached hydrogens (tertiary/aromatic N) is 3. The zero-order valence-electron chi connectivity index (χ0n) is 10.7. The van der Waals surface area contributed by atoms with Gasteiger partial charge in [-0.1, -0.05) is 12.1 Å². The van der Waals surface area contributed by atoms with Gasteiger partial charge in [0.1, 0.15) is 0 Å². The Morgan fingerprint density at radius 3 is 2.59 bits per heavy atom. The summed E-state index contributed by atoms with van der Waals surface area (Å²) in [4.78, 5) is 2.09. The summed E-state index contributed by atoms with van der Waals surface area (Å²) in [5, 5.41) is 8.27. The maximum absolute atomic E-state index is 4.24. The Balaban J connectivity index is 2.53. The minimum atomic E-state index is 0.966. The number of benzene rings is 1. The molecule has 0 spiro atoms. The Hall–Kier alpha value is -1.90. The van der Waals surface area contributed by atoms with Crippen LogP contribution in [0.3, 0.4) is 0 Å².